The molecule has 1 aromatic carbocycles. The number of esters is 1. The number of amides is 1. The first-order valence-electron chi connectivity index (χ1n) is 8.19. The lowest BCUT2D eigenvalue weighted by atomic mass is 9.87. The smallest absolute Gasteiger partial charge is 0.338 e. The van der Waals surface area contributed by atoms with Gasteiger partial charge in [-0.15, -0.1) is 0 Å². The Balaban J connectivity index is 1.88. The zero-order valence-electron chi connectivity index (χ0n) is 15.1. The van der Waals surface area contributed by atoms with E-state index in [-0.39, 0.29) is 16.9 Å². The van der Waals surface area contributed by atoms with Gasteiger partial charge in [0.15, 0.2) is 16.4 Å². The van der Waals surface area contributed by atoms with Gasteiger partial charge in [0.1, 0.15) is 0 Å². The van der Waals surface area contributed by atoms with Crippen LogP contribution in [-0.2, 0) is 24.8 Å². The van der Waals surface area contributed by atoms with Crippen LogP contribution in [0.1, 0.15) is 50.0 Å². The van der Waals surface area contributed by atoms with E-state index in [4.69, 9.17) is 4.74 Å². The van der Waals surface area contributed by atoms with Gasteiger partial charge in [-0.3, -0.25) is 4.79 Å². The Labute approximate surface area is 148 Å². The summed E-state index contributed by atoms with van der Waals surface area (Å²) >= 11 is 0. The molecule has 0 aromatic heterocycles. The minimum Gasteiger partial charge on any atom is -0.452 e. The minimum atomic E-state index is -3.11. The highest BCUT2D eigenvalue weighted by atomic mass is 32.2. The van der Waals surface area contributed by atoms with Crippen molar-refractivity contribution in [1.82, 2.24) is 5.32 Å². The van der Waals surface area contributed by atoms with Crippen LogP contribution in [0.4, 0.5) is 0 Å². The van der Waals surface area contributed by atoms with Gasteiger partial charge < -0.3 is 10.1 Å². The topological polar surface area (TPSA) is 89.5 Å². The van der Waals surface area contributed by atoms with E-state index in [2.05, 4.69) is 26.1 Å². The number of hydrogen-bond donors (Lipinski definition) is 1. The molecule has 1 aromatic rings. The van der Waals surface area contributed by atoms with Gasteiger partial charge in [0.2, 0.25) is 0 Å². The number of ether oxygens (including phenoxy) is 1. The second-order valence-electron chi connectivity index (χ2n) is 7.85. The fraction of sp³-hybridized carbons (Fsp3) is 0.556. The predicted octanol–water partition coefficient (Wildman–Crippen LogP) is 1.83. The monoisotopic (exact) mass is 367 g/mol. The van der Waals surface area contributed by atoms with Gasteiger partial charge >= 0.3 is 5.97 Å². The number of hydrogen-bond acceptors (Lipinski definition) is 5. The molecule has 1 heterocycles. The summed E-state index contributed by atoms with van der Waals surface area (Å²) in [6, 6.07) is 7.07. The third-order valence-electron chi connectivity index (χ3n) is 4.27. The van der Waals surface area contributed by atoms with E-state index >= 15 is 0 Å². The van der Waals surface area contributed by atoms with Crippen molar-refractivity contribution >= 4 is 21.7 Å². The molecule has 1 fully saturated rings. The molecule has 0 bridgehead atoms. The van der Waals surface area contributed by atoms with Crippen LogP contribution in [0.15, 0.2) is 24.3 Å². The SMILES string of the molecule is CC1(NC(=O)COC(=O)c2ccc(C(C)(C)C)cc2)CCS(=O)(=O)C1. The lowest BCUT2D eigenvalue weighted by Crippen LogP contribution is -2.48. The minimum absolute atomic E-state index is 0.0145. The number of rotatable bonds is 4. The van der Waals surface area contributed by atoms with Crippen LogP contribution >= 0.6 is 0 Å². The highest BCUT2D eigenvalue weighted by Crippen LogP contribution is 2.23. The lowest BCUT2D eigenvalue weighted by Gasteiger charge is -2.23. The van der Waals surface area contributed by atoms with E-state index in [9.17, 15) is 18.0 Å². The molecule has 1 unspecified atom stereocenters. The Morgan fingerprint density at radius 3 is 2.28 bits per heavy atom. The molecule has 1 atom stereocenters. The summed E-state index contributed by atoms with van der Waals surface area (Å²) < 4.78 is 28.1. The van der Waals surface area contributed by atoms with Crippen molar-refractivity contribution < 1.29 is 22.7 Å². The van der Waals surface area contributed by atoms with E-state index in [1.807, 2.05) is 12.1 Å². The number of benzene rings is 1. The van der Waals surface area contributed by atoms with Crippen LogP contribution in [0, 0.1) is 0 Å². The molecule has 1 N–H and O–H groups in total. The van der Waals surface area contributed by atoms with Gasteiger partial charge in [-0.25, -0.2) is 13.2 Å². The van der Waals surface area contributed by atoms with E-state index in [1.165, 1.54) is 0 Å². The van der Waals surface area contributed by atoms with E-state index in [0.29, 0.717) is 12.0 Å². The average Bonchev–Trinajstić information content (AvgIpc) is 2.77. The van der Waals surface area contributed by atoms with Crippen LogP contribution in [-0.4, -0.2) is 43.9 Å². The summed E-state index contributed by atoms with van der Waals surface area (Å²) in [5, 5.41) is 2.65. The Bertz CT molecular complexity index is 762. The maximum Gasteiger partial charge on any atom is 0.338 e. The van der Waals surface area contributed by atoms with Gasteiger partial charge in [0.05, 0.1) is 22.6 Å². The number of nitrogens with one attached hydrogen (secondary N) is 1. The molecule has 0 saturated carbocycles. The van der Waals surface area contributed by atoms with Crippen molar-refractivity contribution in [1.29, 1.82) is 0 Å². The Kier molecular flexibility index (Phi) is 5.27. The summed E-state index contributed by atoms with van der Waals surface area (Å²) in [6.07, 6.45) is 0.364. The van der Waals surface area contributed by atoms with E-state index < -0.39 is 33.9 Å². The molecular formula is C18H25NO5S. The highest BCUT2D eigenvalue weighted by Gasteiger charge is 2.39. The van der Waals surface area contributed by atoms with Crippen molar-refractivity contribution in [3.63, 3.8) is 0 Å². The van der Waals surface area contributed by atoms with Gasteiger partial charge in [0.25, 0.3) is 5.91 Å². The molecule has 138 valence electrons. The molecule has 1 aliphatic heterocycles. The number of carbonyl (C=O) groups excluding carboxylic acids is 2. The molecule has 0 radical (unpaired) electrons. The first-order chi connectivity index (χ1) is 11.4. The fourth-order valence-corrected chi connectivity index (χ4v) is 4.90. The van der Waals surface area contributed by atoms with Crippen molar-refractivity contribution in [2.24, 2.45) is 0 Å². The van der Waals surface area contributed by atoms with Crippen LogP contribution in [0.25, 0.3) is 0 Å². The average molecular weight is 367 g/mol. The van der Waals surface area contributed by atoms with E-state index in [1.54, 1.807) is 19.1 Å². The summed E-state index contributed by atoms with van der Waals surface area (Å²) in [5.41, 5.74) is 0.656. The van der Waals surface area contributed by atoms with Gasteiger partial charge in [0, 0.05) is 0 Å². The summed E-state index contributed by atoms with van der Waals surface area (Å²) in [6.45, 7) is 7.48. The van der Waals surface area contributed by atoms with Crippen LogP contribution in [0.3, 0.4) is 0 Å². The molecule has 2 rings (SSSR count). The summed E-state index contributed by atoms with van der Waals surface area (Å²) in [4.78, 5) is 24.0. The van der Waals surface area contributed by atoms with Crippen molar-refractivity contribution in [2.45, 2.75) is 45.1 Å². The Morgan fingerprint density at radius 1 is 1.20 bits per heavy atom. The Hall–Kier alpha value is -1.89. The van der Waals surface area contributed by atoms with Crippen LogP contribution in [0.2, 0.25) is 0 Å². The largest absolute Gasteiger partial charge is 0.452 e. The van der Waals surface area contributed by atoms with Crippen molar-refractivity contribution in [3.8, 4) is 0 Å². The van der Waals surface area contributed by atoms with Crippen LogP contribution in [0.5, 0.6) is 0 Å². The van der Waals surface area contributed by atoms with Crippen molar-refractivity contribution in [2.75, 3.05) is 18.1 Å². The second-order valence-corrected chi connectivity index (χ2v) is 10.0. The zero-order valence-corrected chi connectivity index (χ0v) is 15.9. The van der Waals surface area contributed by atoms with Crippen molar-refractivity contribution in [3.05, 3.63) is 35.4 Å². The standard InChI is InChI=1S/C18H25NO5S/c1-17(2,3)14-7-5-13(6-8-14)16(21)24-11-15(20)19-18(4)9-10-25(22,23)12-18/h5-8H,9-12H2,1-4H3,(H,19,20). The molecule has 1 amide bonds. The zero-order chi connectivity index (χ0) is 18.9. The quantitative estimate of drug-likeness (QED) is 0.820. The third-order valence-corrected chi connectivity index (χ3v) is 6.17. The third kappa shape index (κ3) is 5.29. The van der Waals surface area contributed by atoms with E-state index in [0.717, 1.165) is 5.56 Å². The molecule has 1 saturated heterocycles. The first-order valence-corrected chi connectivity index (χ1v) is 10.0. The summed E-state index contributed by atoms with van der Waals surface area (Å²) in [7, 11) is -3.11. The molecule has 0 aliphatic carbocycles. The molecule has 0 spiro atoms. The molecular weight excluding hydrogens is 342 g/mol. The number of carbonyl (C=O) groups is 2. The lowest BCUT2D eigenvalue weighted by molar-refractivity contribution is -0.125. The maximum absolute atomic E-state index is 12.0. The summed E-state index contributed by atoms with van der Waals surface area (Å²) in [5.74, 6) is -1.11. The predicted molar refractivity (Wildman–Crippen MR) is 95.2 cm³/mol. The highest BCUT2D eigenvalue weighted by molar-refractivity contribution is 7.91. The normalized spacial score (nSPS) is 22.4. The number of sulfone groups is 1. The van der Waals surface area contributed by atoms with Gasteiger partial charge in [-0.05, 0) is 36.5 Å². The second kappa shape index (κ2) is 6.78. The van der Waals surface area contributed by atoms with Gasteiger partial charge in [-0.1, -0.05) is 32.9 Å². The molecule has 25 heavy (non-hydrogen) atoms. The molecule has 6 nitrogen and oxygen atoms in total. The fourth-order valence-electron chi connectivity index (χ4n) is 2.80. The molecule has 7 heteroatoms. The van der Waals surface area contributed by atoms with Gasteiger partial charge in [-0.2, -0.15) is 0 Å². The molecule has 1 aliphatic rings. The Morgan fingerprint density at radius 2 is 1.80 bits per heavy atom. The van der Waals surface area contributed by atoms with Crippen LogP contribution < -0.4 is 5.32 Å². The maximum atomic E-state index is 12.0. The first kappa shape index (κ1) is 19.4.